The first-order valence-corrected chi connectivity index (χ1v) is 5.13. The number of rotatable bonds is 2. The van der Waals surface area contributed by atoms with Gasteiger partial charge in [0.2, 0.25) is 5.88 Å². The first-order valence-electron chi connectivity index (χ1n) is 4.75. The van der Waals surface area contributed by atoms with Crippen LogP contribution in [0.15, 0.2) is 18.3 Å². The number of hydrogen-bond acceptors (Lipinski definition) is 3. The van der Waals surface area contributed by atoms with Gasteiger partial charge in [0.1, 0.15) is 6.10 Å². The van der Waals surface area contributed by atoms with Crippen LogP contribution < -0.4 is 10.1 Å². The zero-order valence-corrected chi connectivity index (χ0v) is 8.79. The lowest BCUT2D eigenvalue weighted by Crippen LogP contribution is -2.20. The van der Waals surface area contributed by atoms with E-state index in [9.17, 15) is 0 Å². The van der Waals surface area contributed by atoms with Crippen molar-refractivity contribution in [3.8, 4) is 5.88 Å². The van der Waals surface area contributed by atoms with Crippen LogP contribution in [0.1, 0.15) is 13.3 Å². The van der Waals surface area contributed by atoms with Crippen molar-refractivity contribution in [2.24, 2.45) is 0 Å². The highest BCUT2D eigenvalue weighted by atomic mass is 35.5. The maximum atomic E-state index is 5.72. The molecular weight excluding hydrogens is 200 g/mol. The van der Waals surface area contributed by atoms with Crippen molar-refractivity contribution in [1.29, 1.82) is 0 Å². The Balaban J connectivity index is 1.94. The molecule has 1 aliphatic heterocycles. The first-order chi connectivity index (χ1) is 6.74. The lowest BCUT2D eigenvalue weighted by Gasteiger charge is -2.10. The summed E-state index contributed by atoms with van der Waals surface area (Å²) in [7, 11) is 0. The SMILES string of the molecule is C[C@@H]1C[C@@H](Oc2ccc(Cl)cn2)CN1. The van der Waals surface area contributed by atoms with Crippen LogP contribution >= 0.6 is 11.6 Å². The van der Waals surface area contributed by atoms with Gasteiger partial charge in [-0.05, 0) is 13.0 Å². The summed E-state index contributed by atoms with van der Waals surface area (Å²) >= 11 is 5.72. The van der Waals surface area contributed by atoms with Crippen LogP contribution in [-0.4, -0.2) is 23.7 Å². The van der Waals surface area contributed by atoms with Gasteiger partial charge in [-0.2, -0.15) is 0 Å². The molecule has 4 heteroatoms. The number of ether oxygens (including phenoxy) is 1. The second-order valence-corrected chi connectivity index (χ2v) is 4.04. The van der Waals surface area contributed by atoms with Crippen LogP contribution in [0.3, 0.4) is 0 Å². The highest BCUT2D eigenvalue weighted by Gasteiger charge is 2.22. The summed E-state index contributed by atoms with van der Waals surface area (Å²) in [5, 5.41) is 3.96. The molecule has 2 rings (SSSR count). The Morgan fingerprint density at radius 3 is 3.00 bits per heavy atom. The molecule has 0 saturated carbocycles. The molecule has 0 aromatic carbocycles. The maximum absolute atomic E-state index is 5.72. The second-order valence-electron chi connectivity index (χ2n) is 3.60. The largest absolute Gasteiger partial charge is 0.473 e. The number of nitrogens with zero attached hydrogens (tertiary/aromatic N) is 1. The fourth-order valence-corrected chi connectivity index (χ4v) is 1.70. The summed E-state index contributed by atoms with van der Waals surface area (Å²) in [6.07, 6.45) is 2.87. The highest BCUT2D eigenvalue weighted by Crippen LogP contribution is 2.16. The monoisotopic (exact) mass is 212 g/mol. The normalized spacial score (nSPS) is 26.4. The quantitative estimate of drug-likeness (QED) is 0.813. The van der Waals surface area contributed by atoms with E-state index < -0.39 is 0 Å². The van der Waals surface area contributed by atoms with E-state index in [2.05, 4.69) is 17.2 Å². The third-order valence-electron chi connectivity index (χ3n) is 2.30. The Hall–Kier alpha value is -0.800. The van der Waals surface area contributed by atoms with E-state index in [0.29, 0.717) is 16.9 Å². The van der Waals surface area contributed by atoms with Crippen molar-refractivity contribution in [3.63, 3.8) is 0 Å². The van der Waals surface area contributed by atoms with E-state index in [4.69, 9.17) is 16.3 Å². The summed E-state index contributed by atoms with van der Waals surface area (Å²) in [4.78, 5) is 4.08. The fraction of sp³-hybridized carbons (Fsp3) is 0.500. The molecule has 0 amide bonds. The molecule has 2 heterocycles. The van der Waals surface area contributed by atoms with E-state index in [0.717, 1.165) is 13.0 Å². The minimum Gasteiger partial charge on any atom is -0.473 e. The molecular formula is C10H13ClN2O. The fourth-order valence-electron chi connectivity index (χ4n) is 1.59. The van der Waals surface area contributed by atoms with E-state index in [1.54, 1.807) is 18.3 Å². The molecule has 0 unspecified atom stereocenters. The van der Waals surface area contributed by atoms with Crippen LogP contribution in [0.4, 0.5) is 0 Å². The zero-order valence-electron chi connectivity index (χ0n) is 8.03. The van der Waals surface area contributed by atoms with Crippen molar-refractivity contribution in [3.05, 3.63) is 23.4 Å². The van der Waals surface area contributed by atoms with Gasteiger partial charge < -0.3 is 10.1 Å². The Morgan fingerprint density at radius 1 is 1.57 bits per heavy atom. The van der Waals surface area contributed by atoms with Crippen molar-refractivity contribution in [2.75, 3.05) is 6.54 Å². The smallest absolute Gasteiger partial charge is 0.213 e. The van der Waals surface area contributed by atoms with E-state index in [-0.39, 0.29) is 6.10 Å². The second kappa shape index (κ2) is 4.15. The summed E-state index contributed by atoms with van der Waals surface area (Å²) in [6.45, 7) is 3.05. The summed E-state index contributed by atoms with van der Waals surface area (Å²) < 4.78 is 5.67. The summed E-state index contributed by atoms with van der Waals surface area (Å²) in [6, 6.07) is 4.12. The highest BCUT2D eigenvalue weighted by molar-refractivity contribution is 6.30. The summed E-state index contributed by atoms with van der Waals surface area (Å²) in [5.74, 6) is 0.648. The van der Waals surface area contributed by atoms with E-state index in [1.807, 2.05) is 0 Å². The topological polar surface area (TPSA) is 34.1 Å². The van der Waals surface area contributed by atoms with Crippen LogP contribution in [-0.2, 0) is 0 Å². The predicted molar refractivity (Wildman–Crippen MR) is 55.7 cm³/mol. The number of pyridine rings is 1. The molecule has 0 bridgehead atoms. The van der Waals surface area contributed by atoms with Crippen molar-refractivity contribution < 1.29 is 4.74 Å². The van der Waals surface area contributed by atoms with Gasteiger partial charge in [-0.1, -0.05) is 11.6 Å². The Labute approximate surface area is 88.4 Å². The standard InChI is InChI=1S/C10H13ClN2O/c1-7-4-9(6-12-7)14-10-3-2-8(11)5-13-10/h2-3,5,7,9,12H,4,6H2,1H3/t7-,9-/m1/s1. The molecule has 1 N–H and O–H groups in total. The lowest BCUT2D eigenvalue weighted by molar-refractivity contribution is 0.211. The molecule has 1 saturated heterocycles. The molecule has 0 spiro atoms. The van der Waals surface area contributed by atoms with Gasteiger partial charge >= 0.3 is 0 Å². The first kappa shape index (κ1) is 9.74. The van der Waals surface area contributed by atoms with Gasteiger partial charge in [-0.25, -0.2) is 4.98 Å². The molecule has 76 valence electrons. The Kier molecular flexibility index (Phi) is 2.89. The third-order valence-corrected chi connectivity index (χ3v) is 2.52. The Bertz CT molecular complexity index is 301. The molecule has 1 aromatic heterocycles. The van der Waals surface area contributed by atoms with E-state index in [1.165, 1.54) is 0 Å². The molecule has 14 heavy (non-hydrogen) atoms. The predicted octanol–water partition coefficient (Wildman–Crippen LogP) is 1.86. The molecule has 2 atom stereocenters. The van der Waals surface area contributed by atoms with Crippen molar-refractivity contribution >= 4 is 11.6 Å². The zero-order chi connectivity index (χ0) is 9.97. The van der Waals surface area contributed by atoms with Crippen molar-refractivity contribution in [1.82, 2.24) is 10.3 Å². The van der Waals surface area contributed by atoms with Crippen molar-refractivity contribution in [2.45, 2.75) is 25.5 Å². The minimum absolute atomic E-state index is 0.235. The van der Waals surface area contributed by atoms with Crippen LogP contribution in [0.2, 0.25) is 5.02 Å². The van der Waals surface area contributed by atoms with Gasteiger partial charge in [0.05, 0.1) is 5.02 Å². The number of nitrogens with one attached hydrogen (secondary N) is 1. The lowest BCUT2D eigenvalue weighted by atomic mass is 10.2. The van der Waals surface area contributed by atoms with Gasteiger partial charge in [0.25, 0.3) is 0 Å². The molecule has 1 aromatic rings. The minimum atomic E-state index is 0.235. The summed E-state index contributed by atoms with van der Waals surface area (Å²) in [5.41, 5.74) is 0. The molecule has 1 fully saturated rings. The Morgan fingerprint density at radius 2 is 2.43 bits per heavy atom. The molecule has 3 nitrogen and oxygen atoms in total. The molecule has 0 aliphatic carbocycles. The van der Waals surface area contributed by atoms with Crippen LogP contribution in [0.25, 0.3) is 0 Å². The van der Waals surface area contributed by atoms with Gasteiger partial charge in [-0.3, -0.25) is 0 Å². The number of aromatic nitrogens is 1. The van der Waals surface area contributed by atoms with Gasteiger partial charge in [-0.15, -0.1) is 0 Å². The van der Waals surface area contributed by atoms with E-state index >= 15 is 0 Å². The number of hydrogen-bond donors (Lipinski definition) is 1. The average molecular weight is 213 g/mol. The molecule has 1 aliphatic rings. The van der Waals surface area contributed by atoms with Gasteiger partial charge in [0, 0.05) is 31.3 Å². The molecule has 0 radical (unpaired) electrons. The maximum Gasteiger partial charge on any atom is 0.213 e. The van der Waals surface area contributed by atoms with Gasteiger partial charge in [0.15, 0.2) is 0 Å². The van der Waals surface area contributed by atoms with Crippen LogP contribution in [0, 0.1) is 0 Å². The third kappa shape index (κ3) is 2.36. The average Bonchev–Trinajstić information content (AvgIpc) is 2.56. The van der Waals surface area contributed by atoms with Crippen LogP contribution in [0.5, 0.6) is 5.88 Å². The number of halogens is 1.